The molecule has 0 aliphatic carbocycles. The minimum Gasteiger partial charge on any atom is -0.440 e. The molecular formula is C26H33NO6Si. The molecule has 182 valence electrons. The van der Waals surface area contributed by atoms with Crippen LogP contribution >= 0.6 is 0 Å². The van der Waals surface area contributed by atoms with Gasteiger partial charge in [-0.25, -0.2) is 9.59 Å². The lowest BCUT2D eigenvalue weighted by molar-refractivity contribution is -0.202. The highest BCUT2D eigenvalue weighted by molar-refractivity contribution is 6.74. The molecule has 0 spiro atoms. The zero-order chi connectivity index (χ0) is 25.1. The fraction of sp³-hybridized carbons (Fsp3) is 0.423. The van der Waals surface area contributed by atoms with Gasteiger partial charge in [-0.15, -0.1) is 0 Å². The van der Waals surface area contributed by atoms with Gasteiger partial charge in [-0.1, -0.05) is 57.2 Å². The molecule has 1 unspecified atom stereocenters. The van der Waals surface area contributed by atoms with Crippen molar-refractivity contribution in [3.05, 3.63) is 71.8 Å². The van der Waals surface area contributed by atoms with E-state index in [0.29, 0.717) is 11.1 Å². The molecule has 1 fully saturated rings. The molecule has 34 heavy (non-hydrogen) atoms. The Hall–Kier alpha value is -2.97. The summed E-state index contributed by atoms with van der Waals surface area (Å²) in [5, 5.41) is -0.0465. The van der Waals surface area contributed by atoms with E-state index in [1.54, 1.807) is 60.7 Å². The number of nitrogens with zero attached hydrogens (tertiary/aromatic N) is 1. The van der Waals surface area contributed by atoms with Crippen LogP contribution in [0.25, 0.3) is 0 Å². The van der Waals surface area contributed by atoms with Crippen molar-refractivity contribution in [3.63, 3.8) is 0 Å². The van der Waals surface area contributed by atoms with E-state index >= 15 is 0 Å². The van der Waals surface area contributed by atoms with Crippen LogP contribution < -0.4 is 0 Å². The van der Waals surface area contributed by atoms with Crippen molar-refractivity contribution < 1.29 is 28.3 Å². The highest BCUT2D eigenvalue weighted by atomic mass is 28.4. The molecular weight excluding hydrogens is 450 g/mol. The number of rotatable bonds is 8. The van der Waals surface area contributed by atoms with E-state index in [-0.39, 0.29) is 17.7 Å². The molecule has 0 bridgehead atoms. The van der Waals surface area contributed by atoms with Crippen LogP contribution in [0.5, 0.6) is 0 Å². The second-order valence-corrected chi connectivity index (χ2v) is 14.8. The molecule has 1 saturated heterocycles. The third kappa shape index (κ3) is 5.56. The lowest BCUT2D eigenvalue weighted by Gasteiger charge is -2.49. The van der Waals surface area contributed by atoms with Crippen LogP contribution in [-0.2, 0) is 18.7 Å². The summed E-state index contributed by atoms with van der Waals surface area (Å²) in [5.41, 5.74) is 0.749. The Morgan fingerprint density at radius 2 is 1.44 bits per heavy atom. The predicted molar refractivity (Wildman–Crippen MR) is 130 cm³/mol. The molecule has 3 rings (SSSR count). The average molecular weight is 484 g/mol. The topological polar surface area (TPSA) is 82.1 Å². The third-order valence-corrected chi connectivity index (χ3v) is 11.1. The standard InChI is InChI=1S/C26H33NO6Si/c1-18(33-34(5,6)26(2,3)4)21-22(28)27(17-31-24(29)19-13-9-7-10-14-19)23(21)32-25(30)20-15-11-8-12-16-20/h7-16,18,21,23H,17H2,1-6H3/t18?,21-,23+/m0/s1. The van der Waals surface area contributed by atoms with Crippen LogP contribution in [-0.4, -0.2) is 50.1 Å². The number of likely N-dealkylation sites (tertiary alicyclic amines) is 1. The number of benzene rings is 2. The van der Waals surface area contributed by atoms with Gasteiger partial charge < -0.3 is 13.9 Å². The maximum absolute atomic E-state index is 13.1. The molecule has 1 amide bonds. The Balaban J connectivity index is 1.76. The van der Waals surface area contributed by atoms with E-state index in [1.165, 1.54) is 4.90 Å². The van der Waals surface area contributed by atoms with Crippen molar-refractivity contribution in [2.45, 2.75) is 58.2 Å². The van der Waals surface area contributed by atoms with Gasteiger partial charge in [0.15, 0.2) is 21.3 Å². The normalized spacial score (nSPS) is 19.2. The van der Waals surface area contributed by atoms with Gasteiger partial charge in [0.1, 0.15) is 5.92 Å². The summed E-state index contributed by atoms with van der Waals surface area (Å²) >= 11 is 0. The van der Waals surface area contributed by atoms with Crippen LogP contribution in [0, 0.1) is 5.92 Å². The van der Waals surface area contributed by atoms with E-state index in [2.05, 4.69) is 33.9 Å². The molecule has 1 heterocycles. The molecule has 1 aliphatic rings. The molecule has 1 aliphatic heterocycles. The summed E-state index contributed by atoms with van der Waals surface area (Å²) in [6, 6.07) is 17.1. The lowest BCUT2D eigenvalue weighted by atomic mass is 9.91. The van der Waals surface area contributed by atoms with Crippen LogP contribution in [0.4, 0.5) is 0 Å². The number of carbonyl (C=O) groups excluding carboxylic acids is 3. The first kappa shape index (κ1) is 25.6. The highest BCUT2D eigenvalue weighted by Gasteiger charge is 2.55. The third-order valence-electron chi connectivity index (χ3n) is 6.56. The monoisotopic (exact) mass is 483 g/mol. The van der Waals surface area contributed by atoms with E-state index < -0.39 is 38.5 Å². The number of carbonyl (C=O) groups is 3. The fourth-order valence-electron chi connectivity index (χ4n) is 3.51. The SMILES string of the molecule is CC(O[Si](C)(C)C(C)(C)C)[C@H]1C(=O)N(COC(=O)c2ccccc2)[C@@H]1OC(=O)c1ccccc1. The van der Waals surface area contributed by atoms with Crippen molar-refractivity contribution in [2.75, 3.05) is 6.73 Å². The highest BCUT2D eigenvalue weighted by Crippen LogP contribution is 2.40. The Labute approximate surface area is 202 Å². The molecule has 7 nitrogen and oxygen atoms in total. The second-order valence-electron chi connectivity index (χ2n) is 10.0. The molecule has 3 atom stereocenters. The summed E-state index contributed by atoms with van der Waals surface area (Å²) in [6.45, 7) is 12.1. The van der Waals surface area contributed by atoms with E-state index in [1.807, 2.05) is 6.92 Å². The van der Waals surface area contributed by atoms with Crippen molar-refractivity contribution >= 4 is 26.2 Å². The van der Waals surface area contributed by atoms with Crippen LogP contribution in [0.2, 0.25) is 18.1 Å². The molecule has 0 saturated carbocycles. The summed E-state index contributed by atoms with van der Waals surface area (Å²) < 4.78 is 17.5. The minimum atomic E-state index is -2.18. The first-order valence-electron chi connectivity index (χ1n) is 11.4. The van der Waals surface area contributed by atoms with Crippen molar-refractivity contribution in [1.29, 1.82) is 0 Å². The van der Waals surface area contributed by atoms with E-state index in [9.17, 15) is 14.4 Å². The number of β-lactam (4-membered cyclic amide) rings is 1. The zero-order valence-electron chi connectivity index (χ0n) is 20.6. The van der Waals surface area contributed by atoms with Crippen LogP contribution in [0.1, 0.15) is 48.4 Å². The summed E-state index contributed by atoms with van der Waals surface area (Å²) in [5.74, 6) is -2.08. The molecule has 2 aromatic rings. The van der Waals surface area contributed by atoms with Gasteiger partial charge in [-0.05, 0) is 49.3 Å². The number of ether oxygens (including phenoxy) is 2. The maximum Gasteiger partial charge on any atom is 0.340 e. The maximum atomic E-state index is 13.1. The number of hydrogen-bond acceptors (Lipinski definition) is 6. The van der Waals surface area contributed by atoms with Gasteiger partial charge in [-0.2, -0.15) is 0 Å². The molecule has 0 radical (unpaired) electrons. The molecule has 2 aromatic carbocycles. The number of esters is 2. The van der Waals surface area contributed by atoms with Gasteiger partial charge in [0.05, 0.1) is 17.2 Å². The quantitative estimate of drug-likeness (QED) is 0.303. The average Bonchev–Trinajstić information content (AvgIpc) is 2.78. The number of amides is 1. The molecule has 8 heteroatoms. The van der Waals surface area contributed by atoms with Crippen LogP contribution in [0.3, 0.4) is 0 Å². The molecule has 0 aromatic heterocycles. The Morgan fingerprint density at radius 3 is 1.94 bits per heavy atom. The van der Waals surface area contributed by atoms with Crippen molar-refractivity contribution in [1.82, 2.24) is 4.90 Å². The summed E-state index contributed by atoms with van der Waals surface area (Å²) in [4.78, 5) is 39.5. The predicted octanol–water partition coefficient (Wildman–Crippen LogP) is 4.85. The first-order valence-corrected chi connectivity index (χ1v) is 14.3. The minimum absolute atomic E-state index is 0.0465. The Bertz CT molecular complexity index is 1020. The van der Waals surface area contributed by atoms with Crippen molar-refractivity contribution in [3.8, 4) is 0 Å². The van der Waals surface area contributed by atoms with Crippen molar-refractivity contribution in [2.24, 2.45) is 5.92 Å². The second kappa shape index (κ2) is 10.1. The smallest absolute Gasteiger partial charge is 0.340 e. The fourth-order valence-corrected chi connectivity index (χ4v) is 4.94. The first-order chi connectivity index (χ1) is 15.9. The Morgan fingerprint density at radius 1 is 0.941 bits per heavy atom. The number of hydrogen-bond donors (Lipinski definition) is 0. The summed E-state index contributed by atoms with van der Waals surface area (Å²) in [6.07, 6.45) is -1.37. The molecule has 0 N–H and O–H groups in total. The lowest BCUT2D eigenvalue weighted by Crippen LogP contribution is -2.67. The van der Waals surface area contributed by atoms with Gasteiger partial charge >= 0.3 is 11.9 Å². The van der Waals surface area contributed by atoms with Gasteiger partial charge in [-0.3, -0.25) is 9.69 Å². The van der Waals surface area contributed by atoms with Gasteiger partial charge in [0.25, 0.3) is 0 Å². The van der Waals surface area contributed by atoms with E-state index in [4.69, 9.17) is 13.9 Å². The van der Waals surface area contributed by atoms with Gasteiger partial charge in [0, 0.05) is 0 Å². The Kier molecular flexibility index (Phi) is 7.63. The van der Waals surface area contributed by atoms with E-state index in [0.717, 1.165) is 0 Å². The summed E-state index contributed by atoms with van der Waals surface area (Å²) in [7, 11) is -2.18. The zero-order valence-corrected chi connectivity index (χ0v) is 21.6. The van der Waals surface area contributed by atoms with Gasteiger partial charge in [0.2, 0.25) is 5.91 Å². The van der Waals surface area contributed by atoms with Crippen LogP contribution in [0.15, 0.2) is 60.7 Å². The largest absolute Gasteiger partial charge is 0.440 e.